The number of hydrogen-bond donors (Lipinski definition) is 2. The molecule has 0 bridgehead atoms. The topological polar surface area (TPSA) is 42.5 Å². The van der Waals surface area contributed by atoms with Crippen molar-refractivity contribution in [1.82, 2.24) is 10.6 Å². The van der Waals surface area contributed by atoms with Crippen LogP contribution in [-0.2, 0) is 4.74 Å². The van der Waals surface area contributed by atoms with Crippen LogP contribution in [0.15, 0.2) is 48.5 Å². The normalized spacial score (nSPS) is 13.4. The van der Waals surface area contributed by atoms with Crippen molar-refractivity contribution in [3.05, 3.63) is 64.7 Å². The SMILES string of the molecule is CNCCOc1ccc(C(C)CNCC(OC)c2cccc(Cl)c2)cc1. The maximum absolute atomic E-state index is 6.07. The molecule has 0 aliphatic heterocycles. The van der Waals surface area contributed by atoms with Crippen molar-refractivity contribution in [2.24, 2.45) is 0 Å². The second-order valence-electron chi connectivity index (χ2n) is 6.36. The molecule has 0 aromatic heterocycles. The summed E-state index contributed by atoms with van der Waals surface area (Å²) in [5, 5.41) is 7.30. The number of benzene rings is 2. The van der Waals surface area contributed by atoms with E-state index in [4.69, 9.17) is 21.1 Å². The van der Waals surface area contributed by atoms with Crippen LogP contribution in [0.25, 0.3) is 0 Å². The van der Waals surface area contributed by atoms with Crippen molar-refractivity contribution in [1.29, 1.82) is 0 Å². The average molecular weight is 377 g/mol. The molecule has 0 heterocycles. The van der Waals surface area contributed by atoms with E-state index in [0.717, 1.165) is 36.0 Å². The zero-order chi connectivity index (χ0) is 18.8. The van der Waals surface area contributed by atoms with Gasteiger partial charge in [0, 0.05) is 31.8 Å². The van der Waals surface area contributed by atoms with E-state index in [-0.39, 0.29) is 6.10 Å². The van der Waals surface area contributed by atoms with Gasteiger partial charge in [-0.3, -0.25) is 0 Å². The van der Waals surface area contributed by atoms with Crippen LogP contribution in [-0.4, -0.2) is 40.4 Å². The Labute approximate surface area is 161 Å². The first-order chi connectivity index (χ1) is 12.6. The second kappa shape index (κ2) is 11.2. The van der Waals surface area contributed by atoms with Crippen molar-refractivity contribution in [3.8, 4) is 5.75 Å². The standard InChI is InChI=1S/C21H29ClN2O2/c1-16(17-7-9-20(10-8-17)26-12-11-23-2)14-24-15-21(25-3)18-5-4-6-19(22)13-18/h4-10,13,16,21,23-24H,11-12,14-15H2,1-3H3. The molecule has 2 atom stereocenters. The Morgan fingerprint density at radius 3 is 2.46 bits per heavy atom. The van der Waals surface area contributed by atoms with Crippen LogP contribution in [0.5, 0.6) is 5.75 Å². The number of hydrogen-bond acceptors (Lipinski definition) is 4. The van der Waals surface area contributed by atoms with Gasteiger partial charge >= 0.3 is 0 Å². The fourth-order valence-electron chi connectivity index (χ4n) is 2.76. The van der Waals surface area contributed by atoms with Crippen LogP contribution in [0.3, 0.4) is 0 Å². The lowest BCUT2D eigenvalue weighted by Crippen LogP contribution is -2.26. The summed E-state index contributed by atoms with van der Waals surface area (Å²) in [6, 6.07) is 16.1. The minimum absolute atomic E-state index is 0.0103. The van der Waals surface area contributed by atoms with Gasteiger partial charge in [-0.05, 0) is 48.4 Å². The Morgan fingerprint density at radius 1 is 1.04 bits per heavy atom. The summed E-state index contributed by atoms with van der Waals surface area (Å²) in [4.78, 5) is 0. The lowest BCUT2D eigenvalue weighted by Gasteiger charge is -2.19. The predicted octanol–water partition coefficient (Wildman–Crippen LogP) is 4.02. The highest BCUT2D eigenvalue weighted by atomic mass is 35.5. The summed E-state index contributed by atoms with van der Waals surface area (Å²) in [6.07, 6.45) is -0.0103. The molecule has 0 fully saturated rings. The lowest BCUT2D eigenvalue weighted by atomic mass is 10.0. The van der Waals surface area contributed by atoms with E-state index in [9.17, 15) is 0 Å². The molecule has 4 nitrogen and oxygen atoms in total. The van der Waals surface area contributed by atoms with Gasteiger partial charge in [0.15, 0.2) is 0 Å². The Bertz CT molecular complexity index is 649. The monoisotopic (exact) mass is 376 g/mol. The minimum atomic E-state index is -0.0103. The Kier molecular flexibility index (Phi) is 8.92. The third kappa shape index (κ3) is 6.61. The summed E-state index contributed by atoms with van der Waals surface area (Å²) in [5.74, 6) is 1.31. The molecular formula is C21H29ClN2O2. The van der Waals surface area contributed by atoms with Crippen LogP contribution in [0.1, 0.15) is 30.1 Å². The van der Waals surface area contributed by atoms with E-state index >= 15 is 0 Å². The number of ether oxygens (including phenoxy) is 2. The van der Waals surface area contributed by atoms with Crippen molar-refractivity contribution in [3.63, 3.8) is 0 Å². The number of nitrogens with one attached hydrogen (secondary N) is 2. The molecular weight excluding hydrogens is 348 g/mol. The smallest absolute Gasteiger partial charge is 0.119 e. The first-order valence-corrected chi connectivity index (χ1v) is 9.38. The van der Waals surface area contributed by atoms with E-state index in [1.807, 2.05) is 43.4 Å². The Hall–Kier alpha value is -1.59. The number of methoxy groups -OCH3 is 1. The molecule has 0 amide bonds. The fourth-order valence-corrected chi connectivity index (χ4v) is 2.96. The van der Waals surface area contributed by atoms with Crippen molar-refractivity contribution >= 4 is 11.6 Å². The van der Waals surface area contributed by atoms with Gasteiger partial charge in [0.1, 0.15) is 12.4 Å². The minimum Gasteiger partial charge on any atom is -0.492 e. The quantitative estimate of drug-likeness (QED) is 0.581. The third-order valence-electron chi connectivity index (χ3n) is 4.36. The van der Waals surface area contributed by atoms with Gasteiger partial charge < -0.3 is 20.1 Å². The Morgan fingerprint density at radius 2 is 1.81 bits per heavy atom. The number of likely N-dealkylation sites (N-methyl/N-ethyl adjacent to an activating group) is 1. The molecule has 2 N–H and O–H groups in total. The molecule has 5 heteroatoms. The highest BCUT2D eigenvalue weighted by molar-refractivity contribution is 6.30. The van der Waals surface area contributed by atoms with Crippen LogP contribution in [0, 0.1) is 0 Å². The van der Waals surface area contributed by atoms with Crippen molar-refractivity contribution in [2.45, 2.75) is 18.9 Å². The summed E-state index contributed by atoms with van der Waals surface area (Å²) < 4.78 is 11.3. The van der Waals surface area contributed by atoms with Gasteiger partial charge in [0.05, 0.1) is 6.10 Å². The molecule has 26 heavy (non-hydrogen) atoms. The lowest BCUT2D eigenvalue weighted by molar-refractivity contribution is 0.102. The first-order valence-electron chi connectivity index (χ1n) is 9.00. The van der Waals surface area contributed by atoms with Gasteiger partial charge in [-0.1, -0.05) is 42.8 Å². The zero-order valence-corrected chi connectivity index (χ0v) is 16.6. The van der Waals surface area contributed by atoms with Gasteiger partial charge in [-0.15, -0.1) is 0 Å². The highest BCUT2D eigenvalue weighted by Crippen LogP contribution is 2.21. The van der Waals surface area contributed by atoms with Crippen LogP contribution >= 0.6 is 11.6 Å². The molecule has 142 valence electrons. The van der Waals surface area contributed by atoms with Crippen LogP contribution in [0.2, 0.25) is 5.02 Å². The van der Waals surface area contributed by atoms with Gasteiger partial charge in [-0.2, -0.15) is 0 Å². The first kappa shape index (κ1) is 20.7. The summed E-state index contributed by atoms with van der Waals surface area (Å²) in [7, 11) is 3.64. The van der Waals surface area contributed by atoms with E-state index in [0.29, 0.717) is 12.5 Å². The second-order valence-corrected chi connectivity index (χ2v) is 6.80. The molecule has 0 saturated carbocycles. The van der Waals surface area contributed by atoms with Crippen LogP contribution < -0.4 is 15.4 Å². The van der Waals surface area contributed by atoms with Crippen molar-refractivity contribution in [2.75, 3.05) is 40.4 Å². The maximum atomic E-state index is 6.07. The molecule has 2 aromatic carbocycles. The fraction of sp³-hybridized carbons (Fsp3) is 0.429. The summed E-state index contributed by atoms with van der Waals surface area (Å²) in [5.41, 5.74) is 2.37. The largest absolute Gasteiger partial charge is 0.492 e. The van der Waals surface area contributed by atoms with E-state index in [2.05, 4.69) is 29.7 Å². The summed E-state index contributed by atoms with van der Waals surface area (Å²) >= 11 is 6.07. The molecule has 0 spiro atoms. The average Bonchev–Trinajstić information content (AvgIpc) is 2.66. The number of halogens is 1. The molecule has 0 aliphatic carbocycles. The molecule has 2 unspecified atom stereocenters. The van der Waals surface area contributed by atoms with E-state index in [1.165, 1.54) is 5.56 Å². The molecule has 0 radical (unpaired) electrons. The van der Waals surface area contributed by atoms with Gasteiger partial charge in [0.2, 0.25) is 0 Å². The van der Waals surface area contributed by atoms with E-state index in [1.54, 1.807) is 7.11 Å². The predicted molar refractivity (Wildman–Crippen MR) is 108 cm³/mol. The van der Waals surface area contributed by atoms with Crippen molar-refractivity contribution < 1.29 is 9.47 Å². The molecule has 0 aliphatic rings. The van der Waals surface area contributed by atoms with Gasteiger partial charge in [-0.25, -0.2) is 0 Å². The van der Waals surface area contributed by atoms with Crippen LogP contribution in [0.4, 0.5) is 0 Å². The van der Waals surface area contributed by atoms with Gasteiger partial charge in [0.25, 0.3) is 0 Å². The maximum Gasteiger partial charge on any atom is 0.119 e. The molecule has 0 saturated heterocycles. The zero-order valence-electron chi connectivity index (χ0n) is 15.8. The third-order valence-corrected chi connectivity index (χ3v) is 4.59. The summed E-state index contributed by atoms with van der Waals surface area (Å²) in [6.45, 7) is 5.35. The highest BCUT2D eigenvalue weighted by Gasteiger charge is 2.12. The van der Waals surface area contributed by atoms with E-state index < -0.39 is 0 Å². The Balaban J connectivity index is 1.81. The number of rotatable bonds is 11. The molecule has 2 rings (SSSR count). The molecule has 2 aromatic rings.